The first kappa shape index (κ1) is 31.7. The summed E-state index contributed by atoms with van der Waals surface area (Å²) < 4.78 is 29.8. The van der Waals surface area contributed by atoms with E-state index in [0.717, 1.165) is 31.2 Å². The maximum absolute atomic E-state index is 14.0. The molecule has 3 aromatic carbocycles. The smallest absolute Gasteiger partial charge is 0.264 e. The molecule has 10 heteroatoms. The zero-order valence-corrected chi connectivity index (χ0v) is 26.6. The molecule has 0 aliphatic rings. The van der Waals surface area contributed by atoms with Gasteiger partial charge in [0.1, 0.15) is 12.6 Å². The van der Waals surface area contributed by atoms with Crippen molar-refractivity contribution in [2.24, 2.45) is 0 Å². The summed E-state index contributed by atoms with van der Waals surface area (Å²) in [5, 5.41) is 2.94. The number of carbonyl (C=O) groups excluding carboxylic acids is 2. The lowest BCUT2D eigenvalue weighted by atomic mass is 10.1. The van der Waals surface area contributed by atoms with E-state index in [1.54, 1.807) is 55.5 Å². The molecular weight excluding hydrogens is 610 g/mol. The van der Waals surface area contributed by atoms with Gasteiger partial charge < -0.3 is 10.2 Å². The molecule has 40 heavy (non-hydrogen) atoms. The monoisotopic (exact) mass is 645 g/mol. The number of thioether (sulfide) groups is 1. The number of hydrogen-bond donors (Lipinski definition) is 1. The molecule has 2 atom stereocenters. The van der Waals surface area contributed by atoms with E-state index in [1.807, 2.05) is 51.3 Å². The zero-order chi connectivity index (χ0) is 29.4. The Kier molecular flexibility index (Phi) is 11.2. The number of hydrogen-bond acceptors (Lipinski definition) is 5. The molecule has 0 saturated carbocycles. The van der Waals surface area contributed by atoms with Crippen LogP contribution in [0.4, 0.5) is 5.69 Å². The van der Waals surface area contributed by atoms with E-state index in [9.17, 15) is 18.0 Å². The van der Waals surface area contributed by atoms with Gasteiger partial charge in [0.05, 0.1) is 10.6 Å². The van der Waals surface area contributed by atoms with Crippen LogP contribution in [0.3, 0.4) is 0 Å². The van der Waals surface area contributed by atoms with Gasteiger partial charge in [0.2, 0.25) is 11.8 Å². The number of anilines is 1. The molecule has 214 valence electrons. The summed E-state index contributed by atoms with van der Waals surface area (Å²) in [7, 11) is -4.10. The van der Waals surface area contributed by atoms with E-state index in [1.165, 1.54) is 16.7 Å². The maximum atomic E-state index is 14.0. The van der Waals surface area contributed by atoms with Crippen molar-refractivity contribution >= 4 is 55.2 Å². The SMILES string of the molecule is CC[C@@H](C)NC(=O)[C@H](C)N(Cc1cccc(Br)c1)C(=O)CN(c1ccc(C)cc1)S(=O)(=O)c1ccc(SC)cc1. The minimum atomic E-state index is -4.10. The highest BCUT2D eigenvalue weighted by Gasteiger charge is 2.32. The summed E-state index contributed by atoms with van der Waals surface area (Å²) in [6, 6.07) is 20.2. The Morgan fingerprint density at radius 1 is 1.00 bits per heavy atom. The molecular formula is C30H36BrN3O4S2. The molecule has 0 bridgehead atoms. The average molecular weight is 647 g/mol. The Labute approximate surface area is 250 Å². The number of nitrogens with one attached hydrogen (secondary N) is 1. The molecule has 0 saturated heterocycles. The second kappa shape index (κ2) is 14.2. The van der Waals surface area contributed by atoms with Crippen LogP contribution in [0.5, 0.6) is 0 Å². The zero-order valence-electron chi connectivity index (χ0n) is 23.4. The summed E-state index contributed by atoms with van der Waals surface area (Å²) in [4.78, 5) is 29.6. The van der Waals surface area contributed by atoms with Gasteiger partial charge in [-0.2, -0.15) is 0 Å². The molecule has 3 rings (SSSR count). The van der Waals surface area contributed by atoms with Gasteiger partial charge in [-0.25, -0.2) is 8.42 Å². The van der Waals surface area contributed by atoms with Crippen LogP contribution >= 0.6 is 27.7 Å². The van der Waals surface area contributed by atoms with Crippen LogP contribution in [0.2, 0.25) is 0 Å². The Hall–Kier alpha value is -2.82. The fourth-order valence-electron chi connectivity index (χ4n) is 3.99. The van der Waals surface area contributed by atoms with Gasteiger partial charge in [-0.05, 0) is 87.5 Å². The molecule has 0 radical (unpaired) electrons. The van der Waals surface area contributed by atoms with Crippen molar-refractivity contribution in [3.05, 3.63) is 88.4 Å². The Balaban J connectivity index is 2.02. The topological polar surface area (TPSA) is 86.8 Å². The van der Waals surface area contributed by atoms with E-state index in [0.29, 0.717) is 5.69 Å². The summed E-state index contributed by atoms with van der Waals surface area (Å²) in [5.74, 6) is -0.785. The van der Waals surface area contributed by atoms with Crippen molar-refractivity contribution in [2.75, 3.05) is 17.1 Å². The fraction of sp³-hybridized carbons (Fsp3) is 0.333. The van der Waals surface area contributed by atoms with E-state index < -0.39 is 28.5 Å². The van der Waals surface area contributed by atoms with Crippen LogP contribution in [-0.4, -0.2) is 50.0 Å². The molecule has 3 aromatic rings. The fourth-order valence-corrected chi connectivity index (χ4v) is 6.26. The van der Waals surface area contributed by atoms with Crippen molar-refractivity contribution in [2.45, 2.75) is 62.5 Å². The summed E-state index contributed by atoms with van der Waals surface area (Å²) in [6.07, 6.45) is 2.66. The molecule has 0 unspecified atom stereocenters. The van der Waals surface area contributed by atoms with Gasteiger partial charge in [-0.1, -0.05) is 52.7 Å². The Morgan fingerprint density at radius 3 is 2.23 bits per heavy atom. The number of carbonyl (C=O) groups is 2. The van der Waals surface area contributed by atoms with Crippen LogP contribution in [0.25, 0.3) is 0 Å². The third kappa shape index (κ3) is 8.11. The molecule has 7 nitrogen and oxygen atoms in total. The van der Waals surface area contributed by atoms with E-state index in [4.69, 9.17) is 0 Å². The highest BCUT2D eigenvalue weighted by atomic mass is 79.9. The van der Waals surface area contributed by atoms with Crippen LogP contribution < -0.4 is 9.62 Å². The highest BCUT2D eigenvalue weighted by Crippen LogP contribution is 2.27. The molecule has 0 aliphatic carbocycles. The minimum absolute atomic E-state index is 0.0635. The molecule has 2 amide bonds. The minimum Gasteiger partial charge on any atom is -0.352 e. The van der Waals surface area contributed by atoms with Gasteiger partial charge in [0, 0.05) is 22.0 Å². The predicted molar refractivity (Wildman–Crippen MR) is 166 cm³/mol. The molecule has 1 N–H and O–H groups in total. The lowest BCUT2D eigenvalue weighted by Gasteiger charge is -2.32. The number of amides is 2. The Morgan fingerprint density at radius 2 is 1.65 bits per heavy atom. The standard InChI is InChI=1S/C30H36BrN3O4S2/c1-6-22(3)32-30(36)23(4)33(19-24-8-7-9-25(31)18-24)29(35)20-34(26-12-10-21(2)11-13-26)40(37,38)28-16-14-27(39-5)15-17-28/h7-18,22-23H,6,19-20H2,1-5H3,(H,32,36)/t22-,23+/m1/s1. The van der Waals surface area contributed by atoms with Gasteiger partial charge in [0.15, 0.2) is 0 Å². The van der Waals surface area contributed by atoms with Crippen LogP contribution in [0.1, 0.15) is 38.3 Å². The van der Waals surface area contributed by atoms with Crippen LogP contribution in [-0.2, 0) is 26.2 Å². The molecule has 0 aromatic heterocycles. The lowest BCUT2D eigenvalue weighted by Crippen LogP contribution is -2.52. The third-order valence-electron chi connectivity index (χ3n) is 6.66. The number of rotatable bonds is 12. The molecule has 0 heterocycles. The number of aryl methyl sites for hydroxylation is 1. The largest absolute Gasteiger partial charge is 0.352 e. The van der Waals surface area contributed by atoms with Crippen molar-refractivity contribution in [1.82, 2.24) is 10.2 Å². The van der Waals surface area contributed by atoms with Gasteiger partial charge in [-0.3, -0.25) is 13.9 Å². The normalized spacial score (nSPS) is 12.8. The predicted octanol–water partition coefficient (Wildman–Crippen LogP) is 6.01. The quantitative estimate of drug-likeness (QED) is 0.244. The summed E-state index contributed by atoms with van der Waals surface area (Å²) in [5.41, 5.74) is 2.14. The van der Waals surface area contributed by atoms with E-state index in [-0.39, 0.29) is 23.4 Å². The maximum Gasteiger partial charge on any atom is 0.264 e. The number of nitrogens with zero attached hydrogens (tertiary/aromatic N) is 2. The van der Waals surface area contributed by atoms with E-state index >= 15 is 0 Å². The lowest BCUT2D eigenvalue weighted by molar-refractivity contribution is -0.139. The summed E-state index contributed by atoms with van der Waals surface area (Å²) >= 11 is 4.98. The Bertz CT molecular complexity index is 1410. The number of sulfonamides is 1. The van der Waals surface area contributed by atoms with Crippen LogP contribution in [0.15, 0.2) is 87.1 Å². The summed E-state index contributed by atoms with van der Waals surface area (Å²) in [6.45, 7) is 7.11. The molecule has 0 aliphatic heterocycles. The van der Waals surface area contributed by atoms with Crippen molar-refractivity contribution < 1.29 is 18.0 Å². The third-order valence-corrected chi connectivity index (χ3v) is 9.68. The second-order valence-corrected chi connectivity index (χ2v) is 13.3. The molecule has 0 spiro atoms. The highest BCUT2D eigenvalue weighted by molar-refractivity contribution is 9.10. The average Bonchev–Trinajstić information content (AvgIpc) is 2.94. The van der Waals surface area contributed by atoms with Crippen molar-refractivity contribution in [3.63, 3.8) is 0 Å². The van der Waals surface area contributed by atoms with Gasteiger partial charge in [0.25, 0.3) is 10.0 Å². The number of halogens is 1. The first-order valence-electron chi connectivity index (χ1n) is 13.0. The van der Waals surface area contributed by atoms with Crippen LogP contribution in [0, 0.1) is 6.92 Å². The first-order valence-corrected chi connectivity index (χ1v) is 16.5. The second-order valence-electron chi connectivity index (χ2n) is 9.67. The van der Waals surface area contributed by atoms with Gasteiger partial charge >= 0.3 is 0 Å². The first-order chi connectivity index (χ1) is 19.0. The van der Waals surface area contributed by atoms with Crippen molar-refractivity contribution in [1.29, 1.82) is 0 Å². The van der Waals surface area contributed by atoms with E-state index in [2.05, 4.69) is 21.2 Å². The number of benzene rings is 3. The van der Waals surface area contributed by atoms with Crippen molar-refractivity contribution in [3.8, 4) is 0 Å². The molecule has 0 fully saturated rings. The van der Waals surface area contributed by atoms with Gasteiger partial charge in [-0.15, -0.1) is 11.8 Å².